The summed E-state index contributed by atoms with van der Waals surface area (Å²) in [7, 11) is 0. The number of benzene rings is 2. The van der Waals surface area contributed by atoms with E-state index in [1.165, 1.54) is 24.3 Å². The van der Waals surface area contributed by atoms with Gasteiger partial charge >= 0.3 is 5.97 Å². The minimum absolute atomic E-state index is 0.0632. The highest BCUT2D eigenvalue weighted by Gasteiger charge is 2.45. The lowest BCUT2D eigenvalue weighted by Gasteiger charge is -2.40. The average molecular weight is 596 g/mol. The fourth-order valence-corrected chi connectivity index (χ4v) is 5.25. The van der Waals surface area contributed by atoms with Crippen molar-refractivity contribution in [2.75, 3.05) is 16.8 Å². The van der Waals surface area contributed by atoms with Crippen LogP contribution in [0.2, 0.25) is 0 Å². The number of aromatic nitrogens is 3. The van der Waals surface area contributed by atoms with Crippen molar-refractivity contribution in [1.82, 2.24) is 25.2 Å². The van der Waals surface area contributed by atoms with E-state index < -0.39 is 12.3 Å². The van der Waals surface area contributed by atoms with E-state index in [4.69, 9.17) is 5.11 Å². The number of anilines is 2. The van der Waals surface area contributed by atoms with E-state index in [9.17, 15) is 19.5 Å². The van der Waals surface area contributed by atoms with Crippen molar-refractivity contribution >= 4 is 29.4 Å². The summed E-state index contributed by atoms with van der Waals surface area (Å²) in [6.45, 7) is 3.43. The Morgan fingerprint density at radius 2 is 1.75 bits per heavy atom. The number of aliphatic hydroxyl groups excluding tert-OH is 1. The molecule has 6 rings (SSSR count). The molecule has 44 heavy (non-hydrogen) atoms. The number of imidazole rings is 1. The zero-order valence-corrected chi connectivity index (χ0v) is 24.2. The molecule has 226 valence electrons. The molecule has 0 bridgehead atoms. The van der Waals surface area contributed by atoms with Crippen LogP contribution < -0.4 is 15.5 Å². The lowest BCUT2D eigenvalue weighted by molar-refractivity contribution is -0.00314. The van der Waals surface area contributed by atoms with E-state index in [1.54, 1.807) is 16.0 Å². The maximum absolute atomic E-state index is 13.2. The van der Waals surface area contributed by atoms with Crippen molar-refractivity contribution in [3.05, 3.63) is 94.8 Å². The van der Waals surface area contributed by atoms with Gasteiger partial charge in [-0.05, 0) is 66.8 Å². The zero-order valence-electron chi connectivity index (χ0n) is 24.2. The molecule has 3 heterocycles. The number of carboxylic acids is 1. The van der Waals surface area contributed by atoms with Gasteiger partial charge in [-0.15, -0.1) is 0 Å². The van der Waals surface area contributed by atoms with Crippen molar-refractivity contribution in [3.8, 4) is 11.4 Å². The predicted octanol–water partition coefficient (Wildman–Crippen LogP) is 3.82. The Morgan fingerprint density at radius 3 is 2.41 bits per heavy atom. The highest BCUT2D eigenvalue weighted by molar-refractivity contribution is 6.00. The van der Waals surface area contributed by atoms with E-state index in [1.807, 2.05) is 43.3 Å². The van der Waals surface area contributed by atoms with Gasteiger partial charge in [0.15, 0.2) is 5.82 Å². The van der Waals surface area contributed by atoms with Crippen molar-refractivity contribution in [3.63, 3.8) is 0 Å². The molecule has 1 aliphatic carbocycles. The molecule has 1 saturated carbocycles. The van der Waals surface area contributed by atoms with Gasteiger partial charge in [0.25, 0.3) is 11.8 Å². The first-order valence-electron chi connectivity index (χ1n) is 14.6. The summed E-state index contributed by atoms with van der Waals surface area (Å²) in [4.78, 5) is 52.4. The second-order valence-corrected chi connectivity index (χ2v) is 10.9. The topological polar surface area (TPSA) is 164 Å². The number of carbonyl (C=O) groups is 3. The molecule has 2 aromatic carbocycles. The number of aromatic carboxylic acids is 1. The summed E-state index contributed by atoms with van der Waals surface area (Å²) in [6.07, 6.45) is 3.26. The van der Waals surface area contributed by atoms with Crippen LogP contribution in [0.5, 0.6) is 0 Å². The standard InChI is InChI=1S/C32H33N7O5/c1-2-14-38-28-26(30(41)39(32(38)44)24-11-12-24)36-27(37-28)23-10-13-25(34-18-23)33-16-19-4-3-5-20(15-19)17-35-29(40)21-6-8-22(9-7-21)31(42)43/h3-10,13,15,18,24,32,44H,2,11-12,14,16-17H2,1H3,(H,33,34)(H,35,40)(H,36,37)(H,42,43). The number of carboxylic acid groups (broad SMARTS) is 1. The molecule has 1 aliphatic heterocycles. The number of H-pyrrole nitrogens is 1. The van der Waals surface area contributed by atoms with Crippen LogP contribution in [0.15, 0.2) is 66.9 Å². The monoisotopic (exact) mass is 595 g/mol. The van der Waals surface area contributed by atoms with Crippen molar-refractivity contribution in [2.45, 2.75) is 51.7 Å². The van der Waals surface area contributed by atoms with Crippen molar-refractivity contribution < 1.29 is 24.6 Å². The van der Waals surface area contributed by atoms with Gasteiger partial charge in [0.2, 0.25) is 6.35 Å². The smallest absolute Gasteiger partial charge is 0.335 e. The molecule has 2 aliphatic rings. The fourth-order valence-electron chi connectivity index (χ4n) is 5.25. The maximum atomic E-state index is 13.2. The molecule has 4 aromatic rings. The molecule has 12 nitrogen and oxygen atoms in total. The van der Waals surface area contributed by atoms with Crippen LogP contribution in [0, 0.1) is 0 Å². The summed E-state index contributed by atoms with van der Waals surface area (Å²) in [5.74, 6) is 0.0800. The summed E-state index contributed by atoms with van der Waals surface area (Å²) in [5.41, 5.74) is 3.54. The Balaban J connectivity index is 1.07. The molecule has 2 amide bonds. The first-order chi connectivity index (χ1) is 21.3. The van der Waals surface area contributed by atoms with E-state index >= 15 is 0 Å². The van der Waals surface area contributed by atoms with Crippen LogP contribution in [0.4, 0.5) is 11.6 Å². The van der Waals surface area contributed by atoms with Crippen LogP contribution in [0.3, 0.4) is 0 Å². The number of pyridine rings is 1. The minimum atomic E-state index is -1.04. The number of rotatable bonds is 11. The van der Waals surface area contributed by atoms with E-state index in [0.717, 1.165) is 36.0 Å². The minimum Gasteiger partial charge on any atom is -0.478 e. The lowest BCUT2D eigenvalue weighted by Crippen LogP contribution is -2.56. The molecule has 1 unspecified atom stereocenters. The number of hydrogen-bond acceptors (Lipinski definition) is 8. The van der Waals surface area contributed by atoms with Gasteiger partial charge in [0, 0.05) is 43.0 Å². The predicted molar refractivity (Wildman–Crippen MR) is 163 cm³/mol. The molecule has 12 heteroatoms. The van der Waals surface area contributed by atoms with E-state index in [2.05, 4.69) is 25.6 Å². The first kappa shape index (κ1) is 28.9. The third-order valence-electron chi connectivity index (χ3n) is 7.69. The summed E-state index contributed by atoms with van der Waals surface area (Å²) >= 11 is 0. The molecule has 1 fully saturated rings. The Morgan fingerprint density at radius 1 is 1.02 bits per heavy atom. The van der Waals surface area contributed by atoms with Crippen LogP contribution in [-0.2, 0) is 13.1 Å². The molecule has 0 spiro atoms. The van der Waals surface area contributed by atoms with Crippen molar-refractivity contribution in [2.24, 2.45) is 0 Å². The van der Waals surface area contributed by atoms with Gasteiger partial charge in [0.1, 0.15) is 17.3 Å². The summed E-state index contributed by atoms with van der Waals surface area (Å²) < 4.78 is 0. The Kier molecular flexibility index (Phi) is 7.99. The third kappa shape index (κ3) is 5.97. The number of nitrogens with one attached hydrogen (secondary N) is 3. The molecule has 5 N–H and O–H groups in total. The molecular weight excluding hydrogens is 562 g/mol. The summed E-state index contributed by atoms with van der Waals surface area (Å²) in [5, 5.41) is 26.1. The number of carbonyl (C=O) groups excluding carboxylic acids is 2. The van der Waals surface area contributed by atoms with Crippen LogP contribution in [-0.4, -0.2) is 66.8 Å². The number of hydrogen-bond donors (Lipinski definition) is 5. The van der Waals surface area contributed by atoms with Gasteiger partial charge < -0.3 is 30.7 Å². The molecule has 2 aromatic heterocycles. The van der Waals surface area contributed by atoms with Crippen LogP contribution in [0.1, 0.15) is 68.5 Å². The zero-order chi connectivity index (χ0) is 30.8. The Labute approximate surface area is 253 Å². The maximum Gasteiger partial charge on any atom is 0.335 e. The number of fused-ring (bicyclic) bond motifs is 1. The largest absolute Gasteiger partial charge is 0.478 e. The van der Waals surface area contributed by atoms with Crippen molar-refractivity contribution in [1.29, 1.82) is 0 Å². The van der Waals surface area contributed by atoms with Gasteiger partial charge in [-0.1, -0.05) is 31.2 Å². The second kappa shape index (κ2) is 12.2. The van der Waals surface area contributed by atoms with Crippen LogP contribution >= 0.6 is 0 Å². The Bertz CT molecular complexity index is 1680. The van der Waals surface area contributed by atoms with Gasteiger partial charge in [0.05, 0.1) is 5.56 Å². The molecule has 0 radical (unpaired) electrons. The average Bonchev–Trinajstić information content (AvgIpc) is 3.77. The van der Waals surface area contributed by atoms with E-state index in [0.29, 0.717) is 48.4 Å². The fraction of sp³-hybridized carbons (Fsp3) is 0.281. The lowest BCUT2D eigenvalue weighted by atomic mass is 10.1. The number of aromatic amines is 1. The molecular formula is C32H33N7O5. The second-order valence-electron chi connectivity index (χ2n) is 10.9. The Hall–Kier alpha value is -5.23. The number of aliphatic hydroxyl groups is 1. The molecule has 0 saturated heterocycles. The summed E-state index contributed by atoms with van der Waals surface area (Å²) in [6, 6.07) is 17.4. The highest BCUT2D eigenvalue weighted by Crippen LogP contribution is 2.37. The molecule has 1 atom stereocenters. The van der Waals surface area contributed by atoms with Gasteiger partial charge in [-0.3, -0.25) is 14.5 Å². The SMILES string of the molecule is CCCN1c2nc(-c3ccc(NCc4cccc(CNC(=O)c5ccc(C(=O)O)cc5)c4)nc3)[nH]c2C(=O)N(C2CC2)C1O. The number of nitrogens with zero attached hydrogens (tertiary/aromatic N) is 4. The van der Waals surface area contributed by atoms with Crippen LogP contribution in [0.25, 0.3) is 11.4 Å². The number of amides is 2. The normalized spacial score (nSPS) is 16.0. The van der Waals surface area contributed by atoms with E-state index in [-0.39, 0.29) is 23.4 Å². The van der Waals surface area contributed by atoms with Gasteiger partial charge in [-0.25, -0.2) is 14.8 Å². The highest BCUT2D eigenvalue weighted by atomic mass is 16.4. The van der Waals surface area contributed by atoms with Gasteiger partial charge in [-0.2, -0.15) is 0 Å². The quantitative estimate of drug-likeness (QED) is 0.173. The first-order valence-corrected chi connectivity index (χ1v) is 14.6. The third-order valence-corrected chi connectivity index (χ3v) is 7.69.